The van der Waals surface area contributed by atoms with E-state index >= 15 is 0 Å². The van der Waals surface area contributed by atoms with Gasteiger partial charge in [-0.2, -0.15) is 0 Å². The first-order valence-corrected chi connectivity index (χ1v) is 12.0. The Balaban J connectivity index is 1.64. The predicted molar refractivity (Wildman–Crippen MR) is 140 cm³/mol. The molecule has 1 N–H and O–H groups in total. The third kappa shape index (κ3) is 3.88. The molecule has 5 rings (SSSR count). The number of rotatable bonds is 5. The molecule has 172 valence electrons. The van der Waals surface area contributed by atoms with E-state index in [0.29, 0.717) is 6.54 Å². The number of thiocarbonyl (C=S) groups is 1. The molecule has 2 atom stereocenters. The Morgan fingerprint density at radius 2 is 1.82 bits per heavy atom. The molecular weight excluding hydrogens is 438 g/mol. The quantitative estimate of drug-likeness (QED) is 0.383. The largest absolute Gasteiger partial charge is 0.352 e. The molecule has 0 spiro atoms. The minimum Gasteiger partial charge on any atom is -0.352 e. The van der Waals surface area contributed by atoms with Crippen molar-refractivity contribution in [3.8, 4) is 5.69 Å². The summed E-state index contributed by atoms with van der Waals surface area (Å²) in [5.41, 5.74) is 9.61. The van der Waals surface area contributed by atoms with Gasteiger partial charge in [0.25, 0.3) is 0 Å². The van der Waals surface area contributed by atoms with Crippen LogP contribution in [0.3, 0.4) is 0 Å². The van der Waals surface area contributed by atoms with Gasteiger partial charge in [0.1, 0.15) is 0 Å². The third-order valence-electron chi connectivity index (χ3n) is 6.88. The van der Waals surface area contributed by atoms with Crippen LogP contribution in [0.2, 0.25) is 0 Å². The monoisotopic (exact) mass is 467 g/mol. The number of hydrogen-bond donors (Lipinski definition) is 1. The van der Waals surface area contributed by atoms with Gasteiger partial charge in [-0.3, -0.25) is 9.97 Å². The summed E-state index contributed by atoms with van der Waals surface area (Å²) in [6.07, 6.45) is 5.56. The summed E-state index contributed by atoms with van der Waals surface area (Å²) in [6.45, 7) is 9.44. The van der Waals surface area contributed by atoms with Gasteiger partial charge in [0, 0.05) is 42.2 Å². The zero-order valence-electron chi connectivity index (χ0n) is 20.0. The normalized spacial score (nSPS) is 17.8. The van der Waals surface area contributed by atoms with E-state index in [9.17, 15) is 0 Å². The van der Waals surface area contributed by atoms with Crippen LogP contribution in [0, 0.1) is 27.7 Å². The molecule has 34 heavy (non-hydrogen) atoms. The molecule has 0 amide bonds. The minimum atomic E-state index is -0.0436. The van der Waals surface area contributed by atoms with Crippen LogP contribution in [0.5, 0.6) is 0 Å². The van der Waals surface area contributed by atoms with Crippen molar-refractivity contribution in [1.29, 1.82) is 0 Å². The molecule has 1 saturated heterocycles. The molecule has 1 aliphatic heterocycles. The molecule has 3 aromatic heterocycles. The zero-order chi connectivity index (χ0) is 23.8. The Labute approximate surface area is 206 Å². The molecule has 0 aliphatic carbocycles. The van der Waals surface area contributed by atoms with Crippen LogP contribution >= 0.6 is 12.2 Å². The molecule has 1 aromatic carbocycles. The summed E-state index contributed by atoms with van der Waals surface area (Å²) in [6, 6.07) is 18.9. The van der Waals surface area contributed by atoms with Gasteiger partial charge in [-0.1, -0.05) is 24.3 Å². The molecule has 4 aromatic rings. The lowest BCUT2D eigenvalue weighted by molar-refractivity contribution is 0.310. The Kier molecular flexibility index (Phi) is 5.92. The van der Waals surface area contributed by atoms with Gasteiger partial charge >= 0.3 is 0 Å². The van der Waals surface area contributed by atoms with Gasteiger partial charge in [0.2, 0.25) is 0 Å². The maximum absolute atomic E-state index is 5.87. The molecule has 4 heterocycles. The van der Waals surface area contributed by atoms with Crippen molar-refractivity contribution in [2.75, 3.05) is 0 Å². The average Bonchev–Trinajstić information content (AvgIpc) is 3.32. The summed E-state index contributed by atoms with van der Waals surface area (Å²) < 4.78 is 2.37. The number of pyridine rings is 2. The van der Waals surface area contributed by atoms with E-state index < -0.39 is 0 Å². The van der Waals surface area contributed by atoms with Gasteiger partial charge in [-0.25, -0.2) is 0 Å². The summed E-state index contributed by atoms with van der Waals surface area (Å²) in [5.74, 6) is 0. The van der Waals surface area contributed by atoms with Gasteiger partial charge in [0.05, 0.1) is 17.8 Å². The number of nitrogens with one attached hydrogen (secondary N) is 1. The van der Waals surface area contributed by atoms with Gasteiger partial charge in [-0.15, -0.1) is 0 Å². The molecule has 5 nitrogen and oxygen atoms in total. The zero-order valence-corrected chi connectivity index (χ0v) is 20.8. The van der Waals surface area contributed by atoms with E-state index in [-0.39, 0.29) is 12.1 Å². The van der Waals surface area contributed by atoms with Crippen molar-refractivity contribution in [3.05, 3.63) is 113 Å². The van der Waals surface area contributed by atoms with Gasteiger partial charge in [0.15, 0.2) is 5.11 Å². The number of hydrogen-bond acceptors (Lipinski definition) is 3. The van der Waals surface area contributed by atoms with E-state index in [2.05, 4.69) is 88.8 Å². The van der Waals surface area contributed by atoms with E-state index in [4.69, 9.17) is 12.2 Å². The molecule has 1 fully saturated rings. The lowest BCUT2D eigenvalue weighted by Crippen LogP contribution is -2.29. The van der Waals surface area contributed by atoms with Crippen LogP contribution in [0.1, 0.15) is 51.4 Å². The second kappa shape index (κ2) is 9.03. The Morgan fingerprint density at radius 3 is 2.56 bits per heavy atom. The molecule has 0 saturated carbocycles. The average molecular weight is 468 g/mol. The fourth-order valence-electron chi connectivity index (χ4n) is 5.04. The summed E-state index contributed by atoms with van der Waals surface area (Å²) in [4.78, 5) is 11.3. The first-order chi connectivity index (χ1) is 16.5. The Hall–Kier alpha value is -3.51. The van der Waals surface area contributed by atoms with Crippen molar-refractivity contribution in [2.45, 2.75) is 46.3 Å². The third-order valence-corrected chi connectivity index (χ3v) is 7.23. The molecule has 0 bridgehead atoms. The number of nitrogens with zero attached hydrogens (tertiary/aromatic N) is 4. The highest BCUT2D eigenvalue weighted by Gasteiger charge is 2.41. The molecule has 2 unspecified atom stereocenters. The van der Waals surface area contributed by atoms with Crippen LogP contribution in [-0.4, -0.2) is 24.5 Å². The fourth-order valence-corrected chi connectivity index (χ4v) is 5.34. The second-order valence-electron chi connectivity index (χ2n) is 9.00. The molecular formula is C28H29N5S. The van der Waals surface area contributed by atoms with Gasteiger partial charge in [-0.05, 0) is 92.5 Å². The number of benzene rings is 1. The Morgan fingerprint density at radius 1 is 0.971 bits per heavy atom. The first-order valence-electron chi connectivity index (χ1n) is 11.6. The summed E-state index contributed by atoms with van der Waals surface area (Å²) in [7, 11) is 0. The molecule has 6 heteroatoms. The summed E-state index contributed by atoms with van der Waals surface area (Å²) >= 11 is 5.87. The molecule has 1 aliphatic rings. The van der Waals surface area contributed by atoms with E-state index in [1.165, 1.54) is 33.8 Å². The van der Waals surface area contributed by atoms with Crippen LogP contribution in [0.4, 0.5) is 0 Å². The van der Waals surface area contributed by atoms with Crippen LogP contribution in [-0.2, 0) is 6.54 Å². The van der Waals surface area contributed by atoms with Crippen LogP contribution in [0.15, 0.2) is 73.2 Å². The number of aromatic nitrogens is 3. The maximum atomic E-state index is 5.87. The van der Waals surface area contributed by atoms with Crippen molar-refractivity contribution in [2.24, 2.45) is 0 Å². The smallest absolute Gasteiger partial charge is 0.170 e. The lowest BCUT2D eigenvalue weighted by Gasteiger charge is -2.28. The topological polar surface area (TPSA) is 46.0 Å². The van der Waals surface area contributed by atoms with E-state index in [0.717, 1.165) is 16.4 Å². The lowest BCUT2D eigenvalue weighted by atomic mass is 9.96. The highest BCUT2D eigenvalue weighted by atomic mass is 32.1. The number of aryl methyl sites for hydroxylation is 2. The van der Waals surface area contributed by atoms with Crippen LogP contribution < -0.4 is 5.32 Å². The minimum absolute atomic E-state index is 0.00710. The fraction of sp³-hybridized carbons (Fsp3) is 0.250. The second-order valence-corrected chi connectivity index (χ2v) is 9.38. The van der Waals surface area contributed by atoms with Crippen molar-refractivity contribution < 1.29 is 0 Å². The van der Waals surface area contributed by atoms with Crippen molar-refractivity contribution in [1.82, 2.24) is 24.8 Å². The Bertz CT molecular complexity index is 1330. The van der Waals surface area contributed by atoms with Crippen LogP contribution in [0.25, 0.3) is 5.69 Å². The standard InChI is InChI=1S/C28H29N5S/c1-18-9-7-12-25(20(18)3)33-19(2)15-23(21(33)4)27-26(24-11-5-6-14-30-24)31-28(34)32(27)17-22-10-8-13-29-16-22/h5-16,26-27H,17H2,1-4H3,(H,31,34). The van der Waals surface area contributed by atoms with Gasteiger partial charge < -0.3 is 14.8 Å². The van der Waals surface area contributed by atoms with E-state index in [1.54, 1.807) is 6.20 Å². The van der Waals surface area contributed by atoms with Crippen molar-refractivity contribution >= 4 is 17.3 Å². The highest BCUT2D eigenvalue weighted by molar-refractivity contribution is 7.80. The predicted octanol–water partition coefficient (Wildman–Crippen LogP) is 5.67. The van der Waals surface area contributed by atoms with E-state index in [1.807, 2.05) is 30.6 Å². The first kappa shape index (κ1) is 22.3. The maximum Gasteiger partial charge on any atom is 0.170 e. The van der Waals surface area contributed by atoms with Crippen molar-refractivity contribution in [3.63, 3.8) is 0 Å². The highest BCUT2D eigenvalue weighted by Crippen LogP contribution is 2.42. The summed E-state index contributed by atoms with van der Waals surface area (Å²) in [5, 5.41) is 4.31. The molecule has 0 radical (unpaired) electrons. The SMILES string of the molecule is Cc1cccc(-n2c(C)cc(C3C(c4ccccn4)NC(=S)N3Cc3cccnc3)c2C)c1C.